The number of nitrogens with one attached hydrogen (secondary N) is 1. The number of alkyl halides is 1. The van der Waals surface area contributed by atoms with Crippen LogP contribution in [0.2, 0.25) is 0 Å². The average Bonchev–Trinajstić information content (AvgIpc) is 2.45. The van der Waals surface area contributed by atoms with E-state index >= 15 is 0 Å². The van der Waals surface area contributed by atoms with Crippen LogP contribution in [0.5, 0.6) is 0 Å². The Morgan fingerprint density at radius 1 is 1.52 bits per heavy atom. The first-order chi connectivity index (χ1) is 10.7. The molecule has 0 fully saturated rings. The number of carbonyl (C=O) groups is 2. The molecule has 23 heavy (non-hydrogen) atoms. The summed E-state index contributed by atoms with van der Waals surface area (Å²) in [4.78, 5) is 26.2. The van der Waals surface area contributed by atoms with Crippen LogP contribution in [-0.4, -0.2) is 64.2 Å². The highest BCUT2D eigenvalue weighted by molar-refractivity contribution is 5.79. The van der Waals surface area contributed by atoms with Crippen molar-refractivity contribution in [2.45, 2.75) is 37.8 Å². The standard InChI is InChI=1S/C12H19FN4O6/c1-4(19)16-9-5(17-12(14)15)2-7(11(21)22)23-10(9)8(13)6(20)3-18/h6-8,10,18,20H,2-3H2,1H3,(H,16,19)(H,21,22)(H4,14,15,17)/t6?,7-,8?,10?/m0/s1. The summed E-state index contributed by atoms with van der Waals surface area (Å²) in [5.74, 6) is -2.42. The van der Waals surface area contributed by atoms with Crippen molar-refractivity contribution in [2.24, 2.45) is 16.5 Å². The Morgan fingerprint density at radius 3 is 2.57 bits per heavy atom. The summed E-state index contributed by atoms with van der Waals surface area (Å²) in [6.07, 6.45) is -7.54. The van der Waals surface area contributed by atoms with E-state index in [2.05, 4.69) is 10.3 Å². The highest BCUT2D eigenvalue weighted by atomic mass is 19.1. The zero-order valence-corrected chi connectivity index (χ0v) is 12.3. The van der Waals surface area contributed by atoms with E-state index in [4.69, 9.17) is 26.4 Å². The number of nitrogens with two attached hydrogens (primary N) is 2. The molecule has 10 nitrogen and oxygen atoms in total. The summed E-state index contributed by atoms with van der Waals surface area (Å²) in [7, 11) is 0. The Hall–Kier alpha value is -2.24. The summed E-state index contributed by atoms with van der Waals surface area (Å²) >= 11 is 0. The molecule has 130 valence electrons. The zero-order chi connectivity index (χ0) is 17.7. The monoisotopic (exact) mass is 334 g/mol. The summed E-state index contributed by atoms with van der Waals surface area (Å²) in [5, 5.41) is 29.7. The summed E-state index contributed by atoms with van der Waals surface area (Å²) in [6.45, 7) is 0.208. The second kappa shape index (κ2) is 7.85. The van der Waals surface area contributed by atoms with E-state index in [1.807, 2.05) is 0 Å². The maximum atomic E-state index is 14.3. The molecule has 4 atom stereocenters. The number of nitrogens with zero attached hydrogens (tertiary/aromatic N) is 1. The lowest BCUT2D eigenvalue weighted by atomic mass is 9.98. The van der Waals surface area contributed by atoms with Crippen molar-refractivity contribution in [3.8, 4) is 0 Å². The molecular weight excluding hydrogens is 315 g/mol. The molecule has 1 aliphatic heterocycles. The van der Waals surface area contributed by atoms with Gasteiger partial charge in [0.25, 0.3) is 0 Å². The number of aliphatic imine (C=N–C) groups is 1. The van der Waals surface area contributed by atoms with Gasteiger partial charge in [-0.2, -0.15) is 0 Å². The van der Waals surface area contributed by atoms with Gasteiger partial charge in [0.05, 0.1) is 18.0 Å². The summed E-state index contributed by atoms with van der Waals surface area (Å²) < 4.78 is 19.4. The van der Waals surface area contributed by atoms with Crippen molar-refractivity contribution in [2.75, 3.05) is 6.61 Å². The predicted octanol–water partition coefficient (Wildman–Crippen LogP) is -2.46. The third-order valence-corrected chi connectivity index (χ3v) is 2.98. The lowest BCUT2D eigenvalue weighted by Gasteiger charge is -2.34. The first-order valence-electron chi connectivity index (χ1n) is 6.58. The Balaban J connectivity index is 3.36. The summed E-state index contributed by atoms with van der Waals surface area (Å²) in [6, 6.07) is 0. The van der Waals surface area contributed by atoms with Crippen LogP contribution in [0, 0.1) is 0 Å². The van der Waals surface area contributed by atoms with Gasteiger partial charge in [-0.1, -0.05) is 0 Å². The first-order valence-corrected chi connectivity index (χ1v) is 6.58. The molecule has 1 heterocycles. The molecule has 0 aromatic rings. The quantitative estimate of drug-likeness (QED) is 0.228. The SMILES string of the molecule is CC(=O)NC1=C(N=C(N)N)C[C@@H](C(=O)O)OC1C(F)C(O)CO. The number of carbonyl (C=O) groups excluding carboxylic acids is 1. The number of guanidine groups is 1. The van der Waals surface area contributed by atoms with Crippen LogP contribution in [0.3, 0.4) is 0 Å². The van der Waals surface area contributed by atoms with Crippen molar-refractivity contribution in [3.05, 3.63) is 11.4 Å². The lowest BCUT2D eigenvalue weighted by Crippen LogP contribution is -2.49. The normalized spacial score (nSPS) is 23.8. The molecule has 8 N–H and O–H groups in total. The predicted molar refractivity (Wildman–Crippen MR) is 75.6 cm³/mol. The number of aliphatic carboxylic acids is 1. The average molecular weight is 334 g/mol. The Labute approximate surface area is 130 Å². The van der Waals surface area contributed by atoms with Gasteiger partial charge < -0.3 is 36.8 Å². The fraction of sp³-hybridized carbons (Fsp3) is 0.583. The Kier molecular flexibility index (Phi) is 6.42. The van der Waals surface area contributed by atoms with E-state index in [9.17, 15) is 19.1 Å². The number of hydrogen-bond donors (Lipinski definition) is 6. The van der Waals surface area contributed by atoms with Crippen molar-refractivity contribution in [3.63, 3.8) is 0 Å². The van der Waals surface area contributed by atoms with Crippen LogP contribution in [0.15, 0.2) is 16.4 Å². The maximum Gasteiger partial charge on any atom is 0.333 e. The molecule has 0 aliphatic carbocycles. The fourth-order valence-electron chi connectivity index (χ4n) is 2.02. The van der Waals surface area contributed by atoms with Gasteiger partial charge in [-0.15, -0.1) is 0 Å². The van der Waals surface area contributed by atoms with Crippen molar-refractivity contribution >= 4 is 17.8 Å². The highest BCUT2D eigenvalue weighted by Crippen LogP contribution is 2.29. The first kappa shape index (κ1) is 18.8. The van der Waals surface area contributed by atoms with Crippen LogP contribution in [-0.2, 0) is 14.3 Å². The Bertz CT molecular complexity index is 534. The van der Waals surface area contributed by atoms with Gasteiger partial charge in [-0.3, -0.25) is 4.79 Å². The molecule has 0 aromatic carbocycles. The molecule has 1 rings (SSSR count). The lowest BCUT2D eigenvalue weighted by molar-refractivity contribution is -0.160. The molecule has 0 bridgehead atoms. The van der Waals surface area contributed by atoms with E-state index in [0.29, 0.717) is 0 Å². The van der Waals surface area contributed by atoms with Gasteiger partial charge in [-0.05, 0) is 0 Å². The number of carboxylic acid groups (broad SMARTS) is 1. The number of rotatable bonds is 6. The van der Waals surface area contributed by atoms with Gasteiger partial charge in [0.15, 0.2) is 18.2 Å². The minimum Gasteiger partial charge on any atom is -0.479 e. The molecule has 1 aliphatic rings. The van der Waals surface area contributed by atoms with E-state index in [-0.39, 0.29) is 17.8 Å². The Morgan fingerprint density at radius 2 is 2.13 bits per heavy atom. The van der Waals surface area contributed by atoms with E-state index in [1.165, 1.54) is 0 Å². The topological polar surface area (TPSA) is 180 Å². The van der Waals surface area contributed by atoms with E-state index < -0.39 is 48.9 Å². The maximum absolute atomic E-state index is 14.3. The number of halogens is 1. The van der Waals surface area contributed by atoms with Crippen LogP contribution in [0.4, 0.5) is 4.39 Å². The van der Waals surface area contributed by atoms with Gasteiger partial charge >= 0.3 is 5.97 Å². The van der Waals surface area contributed by atoms with Crippen LogP contribution < -0.4 is 16.8 Å². The third kappa shape index (κ3) is 4.87. The molecule has 11 heteroatoms. The number of carboxylic acids is 1. The van der Waals surface area contributed by atoms with Crippen LogP contribution >= 0.6 is 0 Å². The molecule has 0 spiro atoms. The molecule has 0 radical (unpaired) electrons. The largest absolute Gasteiger partial charge is 0.479 e. The van der Waals surface area contributed by atoms with Gasteiger partial charge in [-0.25, -0.2) is 14.2 Å². The highest BCUT2D eigenvalue weighted by Gasteiger charge is 2.41. The number of aliphatic hydroxyl groups is 2. The van der Waals surface area contributed by atoms with Crippen LogP contribution in [0.25, 0.3) is 0 Å². The van der Waals surface area contributed by atoms with Gasteiger partial charge in [0, 0.05) is 13.3 Å². The van der Waals surface area contributed by atoms with Crippen LogP contribution in [0.1, 0.15) is 13.3 Å². The smallest absolute Gasteiger partial charge is 0.333 e. The minimum absolute atomic E-state index is 0.0864. The van der Waals surface area contributed by atoms with Gasteiger partial charge in [0.1, 0.15) is 12.2 Å². The molecular formula is C12H19FN4O6. The fourth-order valence-corrected chi connectivity index (χ4v) is 2.02. The van der Waals surface area contributed by atoms with Crippen molar-refractivity contribution in [1.29, 1.82) is 0 Å². The summed E-state index contributed by atoms with van der Waals surface area (Å²) in [5.41, 5.74) is 10.2. The van der Waals surface area contributed by atoms with E-state index in [1.54, 1.807) is 0 Å². The molecule has 3 unspecified atom stereocenters. The van der Waals surface area contributed by atoms with Crippen molar-refractivity contribution < 1.29 is 34.0 Å². The molecule has 1 amide bonds. The number of amides is 1. The number of ether oxygens (including phenoxy) is 1. The van der Waals surface area contributed by atoms with Gasteiger partial charge in [0.2, 0.25) is 5.91 Å². The van der Waals surface area contributed by atoms with E-state index in [0.717, 1.165) is 6.92 Å². The number of aliphatic hydroxyl groups excluding tert-OH is 2. The van der Waals surface area contributed by atoms with Crippen molar-refractivity contribution in [1.82, 2.24) is 5.32 Å². The molecule has 0 saturated carbocycles. The second-order valence-electron chi connectivity index (χ2n) is 4.86. The second-order valence-corrected chi connectivity index (χ2v) is 4.86. The molecule has 0 saturated heterocycles. The minimum atomic E-state index is -2.21. The molecule has 0 aromatic heterocycles. The zero-order valence-electron chi connectivity index (χ0n) is 12.3. The third-order valence-electron chi connectivity index (χ3n) is 2.98. The number of hydrogen-bond acceptors (Lipinski definition) is 6.